The van der Waals surface area contributed by atoms with Gasteiger partial charge in [-0.2, -0.15) is 0 Å². The summed E-state index contributed by atoms with van der Waals surface area (Å²) in [5, 5.41) is 9.29. The topological polar surface area (TPSA) is 57.6 Å². The Morgan fingerprint density at radius 2 is 1.88 bits per heavy atom. The zero-order chi connectivity index (χ0) is 18.1. The molecule has 25 heavy (non-hydrogen) atoms. The summed E-state index contributed by atoms with van der Waals surface area (Å²) in [6, 6.07) is 12.7. The molecule has 0 atom stereocenters. The minimum absolute atomic E-state index is 0.162. The van der Waals surface area contributed by atoms with Gasteiger partial charge in [0.25, 0.3) is 5.91 Å². The summed E-state index contributed by atoms with van der Waals surface area (Å²) in [6.45, 7) is 3.70. The molecule has 1 saturated heterocycles. The quantitative estimate of drug-likeness (QED) is 0.642. The zero-order valence-electron chi connectivity index (χ0n) is 13.6. The largest absolute Gasteiger partial charge is 0.478 e. The standard InChI is InChI=1S/C19H15NO3S2/c1-11-5-3-4-6-13(11)9-16-17(21)20(19(24)25-16)14-8-7-12(2)15(10-14)18(22)23/h3-10H,1-2H3,(H,22,23)/b16-9-. The van der Waals surface area contributed by atoms with Crippen LogP contribution in [0.3, 0.4) is 0 Å². The van der Waals surface area contributed by atoms with Gasteiger partial charge < -0.3 is 5.11 Å². The van der Waals surface area contributed by atoms with Crippen molar-refractivity contribution in [3.8, 4) is 0 Å². The van der Waals surface area contributed by atoms with E-state index in [1.165, 1.54) is 22.7 Å². The van der Waals surface area contributed by atoms with Crippen LogP contribution >= 0.6 is 24.0 Å². The first-order valence-electron chi connectivity index (χ1n) is 7.56. The third-order valence-corrected chi connectivity index (χ3v) is 5.28. The summed E-state index contributed by atoms with van der Waals surface area (Å²) in [7, 11) is 0. The molecule has 1 amide bonds. The summed E-state index contributed by atoms with van der Waals surface area (Å²) >= 11 is 6.57. The van der Waals surface area contributed by atoms with E-state index < -0.39 is 5.97 Å². The molecule has 3 rings (SSSR count). The second-order valence-electron chi connectivity index (χ2n) is 5.68. The van der Waals surface area contributed by atoms with E-state index in [2.05, 4.69) is 0 Å². The Morgan fingerprint density at radius 3 is 2.56 bits per heavy atom. The smallest absolute Gasteiger partial charge is 0.336 e. The zero-order valence-corrected chi connectivity index (χ0v) is 15.3. The number of hydrogen-bond donors (Lipinski definition) is 1. The summed E-state index contributed by atoms with van der Waals surface area (Å²) in [5.41, 5.74) is 3.29. The van der Waals surface area contributed by atoms with E-state index >= 15 is 0 Å². The molecule has 1 aliphatic heterocycles. The van der Waals surface area contributed by atoms with Gasteiger partial charge in [-0.15, -0.1) is 0 Å². The summed E-state index contributed by atoms with van der Waals surface area (Å²) in [4.78, 5) is 26.1. The molecule has 0 aromatic heterocycles. The fraction of sp³-hybridized carbons (Fsp3) is 0.105. The van der Waals surface area contributed by atoms with E-state index in [1.807, 2.05) is 37.3 Å². The molecule has 6 heteroatoms. The lowest BCUT2D eigenvalue weighted by atomic mass is 10.1. The maximum Gasteiger partial charge on any atom is 0.336 e. The van der Waals surface area contributed by atoms with Crippen LogP contribution in [0.5, 0.6) is 0 Å². The number of nitrogens with zero attached hydrogens (tertiary/aromatic N) is 1. The van der Waals surface area contributed by atoms with Crippen LogP contribution in [0.2, 0.25) is 0 Å². The molecular weight excluding hydrogens is 354 g/mol. The van der Waals surface area contributed by atoms with E-state index in [4.69, 9.17) is 12.2 Å². The predicted molar refractivity (Wildman–Crippen MR) is 105 cm³/mol. The number of carboxylic acids is 1. The van der Waals surface area contributed by atoms with Gasteiger partial charge in [-0.05, 0) is 48.7 Å². The number of hydrogen-bond acceptors (Lipinski definition) is 4. The van der Waals surface area contributed by atoms with Crippen LogP contribution in [0.4, 0.5) is 5.69 Å². The number of carboxylic acid groups (broad SMARTS) is 1. The van der Waals surface area contributed by atoms with Gasteiger partial charge in [-0.3, -0.25) is 9.69 Å². The minimum Gasteiger partial charge on any atom is -0.478 e. The Hall–Kier alpha value is -2.44. The van der Waals surface area contributed by atoms with E-state index in [9.17, 15) is 14.7 Å². The highest BCUT2D eigenvalue weighted by Gasteiger charge is 2.33. The molecular formula is C19H15NO3S2. The van der Waals surface area contributed by atoms with Crippen molar-refractivity contribution < 1.29 is 14.7 Å². The van der Waals surface area contributed by atoms with Crippen LogP contribution in [0.1, 0.15) is 27.0 Å². The van der Waals surface area contributed by atoms with Crippen LogP contribution in [0.25, 0.3) is 6.08 Å². The number of thiocarbonyl (C=S) groups is 1. The van der Waals surface area contributed by atoms with E-state index in [0.717, 1.165) is 11.1 Å². The number of carbonyl (C=O) groups excluding carboxylic acids is 1. The highest BCUT2D eigenvalue weighted by atomic mass is 32.2. The second kappa shape index (κ2) is 6.82. The fourth-order valence-corrected chi connectivity index (χ4v) is 3.85. The SMILES string of the molecule is Cc1ccccc1/C=C1\SC(=S)N(c2ccc(C)c(C(=O)O)c2)C1=O. The number of rotatable bonds is 3. The molecule has 0 unspecified atom stereocenters. The van der Waals surface area contributed by atoms with Gasteiger partial charge in [-0.1, -0.05) is 54.3 Å². The van der Waals surface area contributed by atoms with Crippen molar-refractivity contribution in [3.05, 3.63) is 69.6 Å². The Labute approximate surface area is 155 Å². The highest BCUT2D eigenvalue weighted by Crippen LogP contribution is 2.36. The van der Waals surface area contributed by atoms with Crippen LogP contribution in [0.15, 0.2) is 47.4 Å². The van der Waals surface area contributed by atoms with E-state index in [0.29, 0.717) is 20.5 Å². The van der Waals surface area contributed by atoms with Crippen molar-refractivity contribution in [1.82, 2.24) is 0 Å². The van der Waals surface area contributed by atoms with E-state index in [1.54, 1.807) is 19.1 Å². The minimum atomic E-state index is -1.03. The van der Waals surface area contributed by atoms with Gasteiger partial charge in [0.2, 0.25) is 0 Å². The average Bonchev–Trinajstić information content (AvgIpc) is 2.84. The Kier molecular flexibility index (Phi) is 4.74. The second-order valence-corrected chi connectivity index (χ2v) is 7.35. The van der Waals surface area contributed by atoms with Gasteiger partial charge in [0.05, 0.1) is 16.2 Å². The molecule has 0 radical (unpaired) electrons. The van der Waals surface area contributed by atoms with Gasteiger partial charge in [0.1, 0.15) is 0 Å². The first kappa shape index (κ1) is 17.4. The molecule has 1 heterocycles. The van der Waals surface area contributed by atoms with Crippen LogP contribution in [0, 0.1) is 13.8 Å². The molecule has 1 N–H and O–H groups in total. The molecule has 1 fully saturated rings. The van der Waals surface area contributed by atoms with Gasteiger partial charge in [0, 0.05) is 0 Å². The number of benzene rings is 2. The molecule has 0 saturated carbocycles. The number of aromatic carboxylic acids is 1. The molecule has 126 valence electrons. The molecule has 2 aromatic carbocycles. The first-order valence-corrected chi connectivity index (χ1v) is 8.78. The van der Waals surface area contributed by atoms with E-state index in [-0.39, 0.29) is 11.5 Å². The molecule has 0 aliphatic carbocycles. The van der Waals surface area contributed by atoms with Gasteiger partial charge >= 0.3 is 5.97 Å². The van der Waals surface area contributed by atoms with Crippen LogP contribution < -0.4 is 4.90 Å². The lowest BCUT2D eigenvalue weighted by molar-refractivity contribution is -0.113. The number of carbonyl (C=O) groups is 2. The number of thioether (sulfide) groups is 1. The first-order chi connectivity index (χ1) is 11.9. The maximum atomic E-state index is 12.8. The molecule has 0 bridgehead atoms. The average molecular weight is 369 g/mol. The highest BCUT2D eigenvalue weighted by molar-refractivity contribution is 8.27. The van der Waals surface area contributed by atoms with Crippen molar-refractivity contribution in [3.63, 3.8) is 0 Å². The third kappa shape index (κ3) is 3.36. The number of anilines is 1. The summed E-state index contributed by atoms with van der Waals surface area (Å²) < 4.78 is 0.394. The fourth-order valence-electron chi connectivity index (χ4n) is 2.56. The maximum absolute atomic E-state index is 12.8. The third-order valence-electron chi connectivity index (χ3n) is 3.98. The Bertz CT molecular complexity index is 934. The molecule has 0 spiro atoms. The van der Waals surface area contributed by atoms with Gasteiger partial charge in [-0.25, -0.2) is 4.79 Å². The Balaban J connectivity index is 1.99. The number of aryl methyl sites for hydroxylation is 2. The lowest BCUT2D eigenvalue weighted by Crippen LogP contribution is -2.27. The van der Waals surface area contributed by atoms with Crippen molar-refractivity contribution in [2.45, 2.75) is 13.8 Å². The predicted octanol–water partition coefficient (Wildman–Crippen LogP) is 4.41. The molecule has 4 nitrogen and oxygen atoms in total. The Morgan fingerprint density at radius 1 is 1.16 bits per heavy atom. The van der Waals surface area contributed by atoms with Crippen molar-refractivity contribution in [2.24, 2.45) is 0 Å². The van der Waals surface area contributed by atoms with Gasteiger partial charge in [0.15, 0.2) is 4.32 Å². The molecule has 2 aromatic rings. The normalized spacial score (nSPS) is 15.9. The van der Waals surface area contributed by atoms with Crippen molar-refractivity contribution in [1.29, 1.82) is 0 Å². The van der Waals surface area contributed by atoms with Crippen LogP contribution in [-0.4, -0.2) is 21.3 Å². The lowest BCUT2D eigenvalue weighted by Gasteiger charge is -2.16. The monoisotopic (exact) mass is 369 g/mol. The van der Waals surface area contributed by atoms with Crippen LogP contribution in [-0.2, 0) is 4.79 Å². The summed E-state index contributed by atoms with van der Waals surface area (Å²) in [6.07, 6.45) is 1.82. The van der Waals surface area contributed by atoms with Crippen molar-refractivity contribution in [2.75, 3.05) is 4.90 Å². The number of amides is 1. The summed E-state index contributed by atoms with van der Waals surface area (Å²) in [5.74, 6) is -1.27. The van der Waals surface area contributed by atoms with Crippen molar-refractivity contribution >= 4 is 51.9 Å². The molecule has 1 aliphatic rings.